The quantitative estimate of drug-likeness (QED) is 0.158. The van der Waals surface area contributed by atoms with Crippen LogP contribution in [0.5, 0.6) is 0 Å². The Hall–Kier alpha value is -2.16. The third-order valence-corrected chi connectivity index (χ3v) is 14.8. The van der Waals surface area contributed by atoms with Gasteiger partial charge in [-0.25, -0.2) is 0 Å². The van der Waals surface area contributed by atoms with Crippen molar-refractivity contribution < 1.29 is 42.9 Å². The minimum atomic E-state index is -0.434. The smallest absolute Gasteiger partial charge is 0.312 e. The average molecular weight is 777 g/mol. The standard InChI is InChI=1S/C28H46O5.C9H12O2.C7H14O2.2CH4/c1-7-25(3,4)24(30)33-28-16-19-13-20(17-28)15-27(14-19,18-28)31-22-11-9-21(10-12-22)23(29)32-26(5,6)8-2;10-9-8-6-2-1-5(3-6)7(8)4-11-9;1-5-7(2,3)6(8)9-4;;/h19-22H,7-18H2,1-6H3;5-8H,1-4H2;5H2,1-4H3;2*1H4. The normalized spacial score (nSPS) is 35.3. The molecular weight excluding hydrogens is 696 g/mol. The van der Waals surface area contributed by atoms with Gasteiger partial charge in [-0.05, 0) is 162 Å². The summed E-state index contributed by atoms with van der Waals surface area (Å²) < 4.78 is 28.6. The minimum absolute atomic E-state index is 0. The first-order valence-electron chi connectivity index (χ1n) is 21.2. The van der Waals surface area contributed by atoms with Gasteiger partial charge in [0, 0.05) is 12.3 Å². The van der Waals surface area contributed by atoms with Crippen LogP contribution in [0.4, 0.5) is 0 Å². The Morgan fingerprint density at radius 2 is 1.27 bits per heavy atom. The molecule has 8 fully saturated rings. The zero-order valence-corrected chi connectivity index (χ0v) is 34.8. The highest BCUT2D eigenvalue weighted by molar-refractivity contribution is 5.77. The molecule has 7 aliphatic carbocycles. The first-order chi connectivity index (χ1) is 24.8. The van der Waals surface area contributed by atoms with E-state index < -0.39 is 5.41 Å². The zero-order chi connectivity index (χ0) is 39.0. The van der Waals surface area contributed by atoms with Gasteiger partial charge in [-0.1, -0.05) is 35.6 Å². The number of esters is 4. The fourth-order valence-corrected chi connectivity index (χ4v) is 10.7. The molecule has 7 saturated carbocycles. The van der Waals surface area contributed by atoms with Crippen LogP contribution in [0, 0.1) is 52.3 Å². The van der Waals surface area contributed by atoms with Gasteiger partial charge in [0.15, 0.2) is 0 Å². The average Bonchev–Trinajstić information content (AvgIpc) is 3.83. The van der Waals surface area contributed by atoms with E-state index in [0.29, 0.717) is 29.6 Å². The van der Waals surface area contributed by atoms with Crippen LogP contribution in [0.2, 0.25) is 0 Å². The van der Waals surface area contributed by atoms with Gasteiger partial charge < -0.3 is 23.7 Å². The van der Waals surface area contributed by atoms with Gasteiger partial charge in [0.25, 0.3) is 0 Å². The van der Waals surface area contributed by atoms with Crippen molar-refractivity contribution in [2.24, 2.45) is 52.3 Å². The Balaban J connectivity index is 0.000000300. The third-order valence-electron chi connectivity index (χ3n) is 14.8. The van der Waals surface area contributed by atoms with Crippen LogP contribution < -0.4 is 0 Å². The number of hydrogen-bond acceptors (Lipinski definition) is 9. The summed E-state index contributed by atoms with van der Waals surface area (Å²) in [6.07, 6.45) is 16.4. The van der Waals surface area contributed by atoms with E-state index in [1.807, 2.05) is 48.5 Å². The number of cyclic esters (lactones) is 1. The van der Waals surface area contributed by atoms with Gasteiger partial charge in [-0.3, -0.25) is 19.2 Å². The number of carbonyl (C=O) groups is 4. The monoisotopic (exact) mass is 777 g/mol. The minimum Gasteiger partial charge on any atom is -0.469 e. The SMILES string of the molecule is C.C.CCC(C)(C)C(=O)OC.CCC(C)(C)OC(=O)C1CCC(OC23CC4CC(CC(OC(=O)C(C)(C)CC)(C4)C2)C3)CC1.O=C1OCC2C3CCC(C3)C12. The van der Waals surface area contributed by atoms with Crippen LogP contribution >= 0.6 is 0 Å². The van der Waals surface area contributed by atoms with E-state index in [1.54, 1.807) is 0 Å². The zero-order valence-electron chi connectivity index (χ0n) is 34.8. The summed E-state index contributed by atoms with van der Waals surface area (Å²) in [4.78, 5) is 47.7. The Morgan fingerprint density at radius 3 is 1.78 bits per heavy atom. The maximum atomic E-state index is 13.0. The third kappa shape index (κ3) is 10.7. The van der Waals surface area contributed by atoms with Gasteiger partial charge in [-0.15, -0.1) is 0 Å². The van der Waals surface area contributed by atoms with Crippen molar-refractivity contribution >= 4 is 23.9 Å². The molecule has 9 nitrogen and oxygen atoms in total. The van der Waals surface area contributed by atoms with Crippen LogP contribution in [0.3, 0.4) is 0 Å². The number of rotatable bonds is 10. The largest absolute Gasteiger partial charge is 0.469 e. The Kier molecular flexibility index (Phi) is 15.6. The molecule has 1 aliphatic heterocycles. The van der Waals surface area contributed by atoms with E-state index in [9.17, 15) is 19.2 Å². The fourth-order valence-electron chi connectivity index (χ4n) is 10.7. The first kappa shape index (κ1) is 47.2. The van der Waals surface area contributed by atoms with Crippen LogP contribution in [-0.4, -0.2) is 60.5 Å². The fraction of sp³-hybridized carbons (Fsp3) is 0.913. The van der Waals surface area contributed by atoms with Crippen LogP contribution in [0.1, 0.15) is 180 Å². The lowest BCUT2D eigenvalue weighted by Crippen LogP contribution is -2.62. The van der Waals surface area contributed by atoms with E-state index in [0.717, 1.165) is 89.6 Å². The van der Waals surface area contributed by atoms with E-state index in [4.69, 9.17) is 18.9 Å². The van der Waals surface area contributed by atoms with Crippen molar-refractivity contribution in [1.82, 2.24) is 0 Å². The second-order valence-electron chi connectivity index (χ2n) is 20.0. The molecule has 6 unspecified atom stereocenters. The molecular formula is C46H80O9. The molecule has 0 spiro atoms. The van der Waals surface area contributed by atoms with Crippen molar-refractivity contribution in [2.45, 2.75) is 203 Å². The van der Waals surface area contributed by atoms with E-state index in [1.165, 1.54) is 32.8 Å². The number of ether oxygens (including phenoxy) is 5. The van der Waals surface area contributed by atoms with Crippen molar-refractivity contribution in [1.29, 1.82) is 0 Å². The topological polar surface area (TPSA) is 114 Å². The molecule has 9 heteroatoms. The molecule has 6 bridgehead atoms. The lowest BCUT2D eigenvalue weighted by Gasteiger charge is -2.61. The predicted molar refractivity (Wildman–Crippen MR) is 216 cm³/mol. The number of carbonyl (C=O) groups excluding carboxylic acids is 4. The Morgan fingerprint density at radius 1 is 0.727 bits per heavy atom. The van der Waals surface area contributed by atoms with E-state index in [-0.39, 0.29) is 73.0 Å². The molecule has 8 aliphatic rings. The summed E-state index contributed by atoms with van der Waals surface area (Å²) in [6, 6.07) is 0. The van der Waals surface area contributed by atoms with Crippen molar-refractivity contribution in [3.05, 3.63) is 0 Å². The second-order valence-corrected chi connectivity index (χ2v) is 20.0. The molecule has 0 radical (unpaired) electrons. The summed E-state index contributed by atoms with van der Waals surface area (Å²) in [5, 5.41) is 0. The maximum absolute atomic E-state index is 13.0. The first-order valence-corrected chi connectivity index (χ1v) is 21.2. The van der Waals surface area contributed by atoms with Crippen LogP contribution in [-0.2, 0) is 42.9 Å². The van der Waals surface area contributed by atoms with Crippen LogP contribution in [0.25, 0.3) is 0 Å². The summed E-state index contributed by atoms with van der Waals surface area (Å²) in [5.74, 6) is 3.53. The highest BCUT2D eigenvalue weighted by Crippen LogP contribution is 2.61. The van der Waals surface area contributed by atoms with E-state index >= 15 is 0 Å². The van der Waals surface area contributed by atoms with Crippen molar-refractivity contribution in [3.8, 4) is 0 Å². The maximum Gasteiger partial charge on any atom is 0.312 e. The molecule has 0 N–H and O–H groups in total. The molecule has 6 atom stereocenters. The number of fused-ring (bicyclic) bond motifs is 5. The molecule has 1 heterocycles. The van der Waals surface area contributed by atoms with Gasteiger partial charge in [0.2, 0.25) is 0 Å². The Bertz CT molecular complexity index is 1310. The number of hydrogen-bond donors (Lipinski definition) is 0. The molecule has 55 heavy (non-hydrogen) atoms. The van der Waals surface area contributed by atoms with E-state index in [2.05, 4.69) is 18.6 Å². The van der Waals surface area contributed by atoms with Gasteiger partial charge >= 0.3 is 23.9 Å². The summed E-state index contributed by atoms with van der Waals surface area (Å²) in [7, 11) is 1.42. The summed E-state index contributed by atoms with van der Waals surface area (Å²) >= 11 is 0. The van der Waals surface area contributed by atoms with Gasteiger partial charge in [0.1, 0.15) is 11.2 Å². The summed E-state index contributed by atoms with van der Waals surface area (Å²) in [6.45, 7) is 18.5. The van der Waals surface area contributed by atoms with Gasteiger partial charge in [0.05, 0.1) is 48.1 Å². The molecule has 0 aromatic rings. The Labute approximate surface area is 334 Å². The molecule has 8 rings (SSSR count). The summed E-state index contributed by atoms with van der Waals surface area (Å²) in [5.41, 5.74) is -1.61. The van der Waals surface area contributed by atoms with Crippen LogP contribution in [0.15, 0.2) is 0 Å². The van der Waals surface area contributed by atoms with Crippen molar-refractivity contribution in [2.75, 3.05) is 13.7 Å². The molecule has 0 amide bonds. The lowest BCUT2D eigenvalue weighted by molar-refractivity contribution is -0.251. The molecule has 1 saturated heterocycles. The lowest BCUT2D eigenvalue weighted by atomic mass is 9.52. The highest BCUT2D eigenvalue weighted by atomic mass is 16.6. The van der Waals surface area contributed by atoms with Crippen molar-refractivity contribution in [3.63, 3.8) is 0 Å². The highest BCUT2D eigenvalue weighted by Gasteiger charge is 2.61. The predicted octanol–water partition coefficient (Wildman–Crippen LogP) is 10.4. The number of methoxy groups -OCH3 is 1. The van der Waals surface area contributed by atoms with Gasteiger partial charge in [-0.2, -0.15) is 0 Å². The molecule has 0 aromatic heterocycles. The second kappa shape index (κ2) is 18.2. The molecule has 318 valence electrons. The molecule has 0 aromatic carbocycles.